The van der Waals surface area contributed by atoms with Gasteiger partial charge >= 0.3 is 12.0 Å². The first-order chi connectivity index (χ1) is 7.76. The van der Waals surface area contributed by atoms with Crippen molar-refractivity contribution in [3.05, 3.63) is 0 Å². The summed E-state index contributed by atoms with van der Waals surface area (Å²) in [4.78, 5) is 26.3. The second-order valence-electron chi connectivity index (χ2n) is 4.83. The maximum absolute atomic E-state index is 12.2. The molecule has 17 heavy (non-hydrogen) atoms. The summed E-state index contributed by atoms with van der Waals surface area (Å²) in [5.74, 6) is -0.0818. The number of likely N-dealkylation sites (N-methyl/N-ethyl adjacent to an activating group) is 1. The van der Waals surface area contributed by atoms with Crippen molar-refractivity contribution < 1.29 is 14.7 Å². The maximum atomic E-state index is 12.2. The van der Waals surface area contributed by atoms with E-state index in [1.54, 1.807) is 11.9 Å². The van der Waals surface area contributed by atoms with Gasteiger partial charge in [-0.25, -0.2) is 9.59 Å². The van der Waals surface area contributed by atoms with Crippen molar-refractivity contribution in [3.63, 3.8) is 0 Å². The van der Waals surface area contributed by atoms with Crippen LogP contribution in [0.2, 0.25) is 0 Å². The lowest BCUT2D eigenvalue weighted by Crippen LogP contribution is -2.56. The number of hydrogen-bond acceptors (Lipinski definition) is 3. The number of urea groups is 1. The number of nitrogens with zero attached hydrogens (tertiary/aromatic N) is 2. The summed E-state index contributed by atoms with van der Waals surface area (Å²) in [5.41, 5.74) is -1.18. The van der Waals surface area contributed by atoms with Crippen molar-refractivity contribution in [1.82, 2.24) is 9.80 Å². The highest BCUT2D eigenvalue weighted by Gasteiger charge is 2.37. The molecule has 0 aromatic carbocycles. The number of aliphatic carboxylic acids is 1. The Morgan fingerprint density at radius 2 is 2.06 bits per heavy atom. The van der Waals surface area contributed by atoms with E-state index in [0.29, 0.717) is 18.3 Å². The lowest BCUT2D eigenvalue weighted by Gasteiger charge is -2.38. The SMILES string of the molecule is CC1CN(C(=O)N(C)C(C)(C)C(=O)O)CCS1. The average Bonchev–Trinajstić information content (AvgIpc) is 2.26. The molecule has 5 nitrogen and oxygen atoms in total. The molecule has 98 valence electrons. The molecular weight excluding hydrogens is 240 g/mol. The zero-order chi connectivity index (χ0) is 13.2. The standard InChI is InChI=1S/C11H20N2O3S/c1-8-7-13(5-6-17-8)10(16)12(4)11(2,3)9(14)15/h8H,5-7H2,1-4H3,(H,14,15). The van der Waals surface area contributed by atoms with Crippen LogP contribution in [0, 0.1) is 0 Å². The molecule has 0 aromatic heterocycles. The Morgan fingerprint density at radius 3 is 2.53 bits per heavy atom. The van der Waals surface area contributed by atoms with Crippen LogP contribution >= 0.6 is 11.8 Å². The Balaban J connectivity index is 2.72. The predicted octanol–water partition coefficient (Wildman–Crippen LogP) is 1.34. The van der Waals surface area contributed by atoms with E-state index < -0.39 is 11.5 Å². The highest BCUT2D eigenvalue weighted by molar-refractivity contribution is 7.99. The number of hydrogen-bond donors (Lipinski definition) is 1. The molecule has 1 N–H and O–H groups in total. The summed E-state index contributed by atoms with van der Waals surface area (Å²) in [5, 5.41) is 9.51. The Hall–Kier alpha value is -0.910. The highest BCUT2D eigenvalue weighted by Crippen LogP contribution is 2.21. The summed E-state index contributed by atoms with van der Waals surface area (Å²) in [7, 11) is 1.54. The lowest BCUT2D eigenvalue weighted by atomic mass is 10.0. The van der Waals surface area contributed by atoms with E-state index >= 15 is 0 Å². The summed E-state index contributed by atoms with van der Waals surface area (Å²) < 4.78 is 0. The predicted molar refractivity (Wildman–Crippen MR) is 68.4 cm³/mol. The van der Waals surface area contributed by atoms with Gasteiger partial charge in [0.25, 0.3) is 0 Å². The highest BCUT2D eigenvalue weighted by atomic mass is 32.2. The van der Waals surface area contributed by atoms with Gasteiger partial charge in [0.1, 0.15) is 5.54 Å². The second kappa shape index (κ2) is 5.16. The topological polar surface area (TPSA) is 60.9 Å². The van der Waals surface area contributed by atoms with Crippen molar-refractivity contribution in [1.29, 1.82) is 0 Å². The van der Waals surface area contributed by atoms with E-state index in [1.165, 1.54) is 18.7 Å². The van der Waals surface area contributed by atoms with Gasteiger partial charge in [-0.1, -0.05) is 6.92 Å². The van der Waals surface area contributed by atoms with Crippen LogP contribution in [-0.4, -0.2) is 63.6 Å². The third-order valence-corrected chi connectivity index (χ3v) is 4.30. The largest absolute Gasteiger partial charge is 0.480 e. The number of amides is 2. The van der Waals surface area contributed by atoms with Gasteiger partial charge in [-0.2, -0.15) is 11.8 Å². The van der Waals surface area contributed by atoms with Crippen molar-refractivity contribution in [2.75, 3.05) is 25.9 Å². The third-order valence-electron chi connectivity index (χ3n) is 3.16. The number of carbonyl (C=O) groups is 2. The molecule has 2 amide bonds. The molecule has 0 spiro atoms. The number of thioether (sulfide) groups is 1. The van der Waals surface area contributed by atoms with Crippen LogP contribution in [0.1, 0.15) is 20.8 Å². The van der Waals surface area contributed by atoms with E-state index in [2.05, 4.69) is 6.92 Å². The normalized spacial score (nSPS) is 21.2. The molecule has 1 rings (SSSR count). The van der Waals surface area contributed by atoms with Crippen LogP contribution in [0.5, 0.6) is 0 Å². The monoisotopic (exact) mass is 260 g/mol. The fourth-order valence-electron chi connectivity index (χ4n) is 1.59. The van der Waals surface area contributed by atoms with Crippen molar-refractivity contribution in [2.45, 2.75) is 31.6 Å². The summed E-state index contributed by atoms with van der Waals surface area (Å²) >= 11 is 1.84. The summed E-state index contributed by atoms with van der Waals surface area (Å²) in [6.07, 6.45) is 0. The van der Waals surface area contributed by atoms with Gasteiger partial charge < -0.3 is 14.9 Å². The van der Waals surface area contributed by atoms with Crippen LogP contribution in [0.4, 0.5) is 4.79 Å². The molecule has 0 radical (unpaired) electrons. The smallest absolute Gasteiger partial charge is 0.329 e. The van der Waals surface area contributed by atoms with E-state index in [-0.39, 0.29) is 6.03 Å². The molecule has 1 fully saturated rings. The van der Waals surface area contributed by atoms with Gasteiger partial charge in [-0.3, -0.25) is 0 Å². The number of carboxylic acids is 1. The Labute approximate surface area is 106 Å². The summed E-state index contributed by atoms with van der Waals surface area (Å²) in [6, 6.07) is -0.204. The van der Waals surface area contributed by atoms with Gasteiger partial charge in [0.05, 0.1) is 0 Å². The molecule has 0 aromatic rings. The van der Waals surface area contributed by atoms with Gasteiger partial charge in [0.2, 0.25) is 0 Å². The number of carbonyl (C=O) groups excluding carboxylic acids is 1. The molecule has 0 bridgehead atoms. The third kappa shape index (κ3) is 3.06. The average molecular weight is 260 g/mol. The Bertz CT molecular complexity index is 320. The number of rotatable bonds is 2. The van der Waals surface area contributed by atoms with Crippen molar-refractivity contribution >= 4 is 23.8 Å². The first kappa shape index (κ1) is 14.2. The molecule has 1 atom stereocenters. The minimum absolute atomic E-state index is 0.204. The van der Waals surface area contributed by atoms with Gasteiger partial charge in [0.15, 0.2) is 0 Å². The van der Waals surface area contributed by atoms with E-state index in [4.69, 9.17) is 5.11 Å². The Kier molecular flexibility index (Phi) is 4.30. The van der Waals surface area contributed by atoms with Crippen LogP contribution < -0.4 is 0 Å². The first-order valence-corrected chi connectivity index (χ1v) is 6.69. The first-order valence-electron chi connectivity index (χ1n) is 5.64. The van der Waals surface area contributed by atoms with E-state index in [1.807, 2.05) is 11.8 Å². The van der Waals surface area contributed by atoms with Crippen molar-refractivity contribution in [3.8, 4) is 0 Å². The lowest BCUT2D eigenvalue weighted by molar-refractivity contribution is -0.147. The zero-order valence-corrected chi connectivity index (χ0v) is 11.6. The number of carboxylic acid groups (broad SMARTS) is 1. The fourth-order valence-corrected chi connectivity index (χ4v) is 2.60. The van der Waals surface area contributed by atoms with Crippen LogP contribution in [-0.2, 0) is 4.79 Å². The summed E-state index contributed by atoms with van der Waals surface area (Å²) in [6.45, 7) is 6.52. The van der Waals surface area contributed by atoms with Crippen LogP contribution in [0.25, 0.3) is 0 Å². The van der Waals surface area contributed by atoms with Crippen LogP contribution in [0.15, 0.2) is 0 Å². The zero-order valence-electron chi connectivity index (χ0n) is 10.8. The molecule has 1 heterocycles. The molecule has 0 aliphatic carbocycles. The van der Waals surface area contributed by atoms with E-state index in [9.17, 15) is 9.59 Å². The maximum Gasteiger partial charge on any atom is 0.329 e. The minimum Gasteiger partial charge on any atom is -0.480 e. The molecule has 6 heteroatoms. The fraction of sp³-hybridized carbons (Fsp3) is 0.818. The van der Waals surface area contributed by atoms with E-state index in [0.717, 1.165) is 5.75 Å². The van der Waals surface area contributed by atoms with Crippen molar-refractivity contribution in [2.24, 2.45) is 0 Å². The minimum atomic E-state index is -1.18. The van der Waals surface area contributed by atoms with Gasteiger partial charge in [-0.05, 0) is 13.8 Å². The molecule has 1 saturated heterocycles. The Morgan fingerprint density at radius 1 is 1.47 bits per heavy atom. The molecule has 1 unspecified atom stereocenters. The molecule has 1 aliphatic rings. The quantitative estimate of drug-likeness (QED) is 0.814. The van der Waals surface area contributed by atoms with Crippen LogP contribution in [0.3, 0.4) is 0 Å². The molecular formula is C11H20N2O3S. The van der Waals surface area contributed by atoms with Gasteiger partial charge in [-0.15, -0.1) is 0 Å². The van der Waals surface area contributed by atoms with Gasteiger partial charge in [0, 0.05) is 31.1 Å². The second-order valence-corrected chi connectivity index (χ2v) is 6.38. The molecule has 0 saturated carbocycles. The molecule has 1 aliphatic heterocycles.